The number of carbonyl (C=O) groups is 3. The number of pyridine rings is 1. The van der Waals surface area contributed by atoms with E-state index in [0.29, 0.717) is 68.6 Å². The molecule has 4 aromatic rings. The Bertz CT molecular complexity index is 2310. The smallest absolute Gasteiger partial charge is 0.412 e. The molecular formula is C50H69N5O8Si. The lowest BCUT2D eigenvalue weighted by Gasteiger charge is -2.40. The molecule has 0 saturated heterocycles. The van der Waals surface area contributed by atoms with Crippen molar-refractivity contribution < 1.29 is 33.8 Å². The number of anilines is 1. The standard InChI is InChI=1S/C50H69N5O8Si/c1-49(2,3)62-47(59)53-35-18-20-37(21-19-35)55(48(60)61)41-29-32(17-22-38(41)34-14-10-9-11-15-34)13-12-16-44(57)52-36-27-33(28-36)30-51-31-43(63-64(7,8)50(4,5)6)39-23-25-42(56)46-40(39)24-26-45(58)54-46/h9-11,14-15,17,22-26,29,33,35-37,43,51,56H,12-13,16,18-21,27-28,30-31H2,1-8H3,(H,52,57)(H,53,59)(H,54,58)(H,60,61). The summed E-state index contributed by atoms with van der Waals surface area (Å²) in [6.07, 6.45) is 4.06. The number of aryl methyl sites for hydroxylation is 1. The minimum absolute atomic E-state index is 0.0153. The number of hydrogen-bond donors (Lipinski definition) is 6. The number of benzene rings is 3. The van der Waals surface area contributed by atoms with Gasteiger partial charge in [0.2, 0.25) is 11.5 Å². The number of nitrogens with zero attached hydrogens (tertiary/aromatic N) is 1. The molecule has 1 heterocycles. The third-order valence-corrected chi connectivity index (χ3v) is 17.6. The topological polar surface area (TPSA) is 182 Å². The van der Waals surface area contributed by atoms with E-state index in [-0.39, 0.29) is 46.5 Å². The number of aromatic hydroxyl groups is 1. The normalized spacial score (nSPS) is 19.6. The van der Waals surface area contributed by atoms with Gasteiger partial charge in [-0.3, -0.25) is 14.5 Å². The molecule has 0 spiro atoms. The summed E-state index contributed by atoms with van der Waals surface area (Å²) in [6, 6.07) is 22.3. The third kappa shape index (κ3) is 12.5. The molecule has 1 unspecified atom stereocenters. The molecule has 1 atom stereocenters. The molecule has 2 saturated carbocycles. The van der Waals surface area contributed by atoms with Crippen LogP contribution >= 0.6 is 0 Å². The lowest BCUT2D eigenvalue weighted by Crippen LogP contribution is -2.48. The van der Waals surface area contributed by atoms with Crippen molar-refractivity contribution in [2.45, 2.75) is 147 Å². The first-order valence-electron chi connectivity index (χ1n) is 22.9. The monoisotopic (exact) mass is 895 g/mol. The highest BCUT2D eigenvalue weighted by Crippen LogP contribution is 2.42. The van der Waals surface area contributed by atoms with E-state index >= 15 is 0 Å². The van der Waals surface area contributed by atoms with E-state index in [1.54, 1.807) is 12.1 Å². The average Bonchev–Trinajstić information content (AvgIpc) is 3.19. The first-order valence-corrected chi connectivity index (χ1v) is 25.8. The maximum Gasteiger partial charge on any atom is 0.412 e. The molecule has 2 fully saturated rings. The number of aromatic amines is 1. The Balaban J connectivity index is 1.01. The van der Waals surface area contributed by atoms with Crippen molar-refractivity contribution in [2.24, 2.45) is 5.92 Å². The maximum absolute atomic E-state index is 13.1. The summed E-state index contributed by atoms with van der Waals surface area (Å²) in [5.74, 6) is 0.442. The van der Waals surface area contributed by atoms with Gasteiger partial charge >= 0.3 is 12.2 Å². The van der Waals surface area contributed by atoms with E-state index in [1.165, 1.54) is 11.0 Å². The number of amides is 3. The van der Waals surface area contributed by atoms with Gasteiger partial charge in [0, 0.05) is 48.1 Å². The summed E-state index contributed by atoms with van der Waals surface area (Å²) in [7, 11) is -2.21. The second-order valence-corrected chi connectivity index (χ2v) is 25.0. The van der Waals surface area contributed by atoms with Crippen LogP contribution in [0.5, 0.6) is 5.75 Å². The summed E-state index contributed by atoms with van der Waals surface area (Å²) in [5.41, 5.74) is 3.79. The molecule has 0 radical (unpaired) electrons. The number of alkyl carbamates (subject to hydrolysis) is 1. The molecule has 13 nitrogen and oxygen atoms in total. The summed E-state index contributed by atoms with van der Waals surface area (Å²) < 4.78 is 12.4. The van der Waals surface area contributed by atoms with Gasteiger partial charge in [-0.1, -0.05) is 69.3 Å². The number of carbonyl (C=O) groups excluding carboxylic acids is 2. The number of aromatic nitrogens is 1. The number of carboxylic acid groups (broad SMARTS) is 1. The predicted octanol–water partition coefficient (Wildman–Crippen LogP) is 9.79. The Labute approximate surface area is 378 Å². The molecule has 6 N–H and O–H groups in total. The molecular weight excluding hydrogens is 827 g/mol. The van der Waals surface area contributed by atoms with E-state index < -0.39 is 26.1 Å². The van der Waals surface area contributed by atoms with Gasteiger partial charge in [0.25, 0.3) is 0 Å². The molecule has 6 rings (SSSR count). The summed E-state index contributed by atoms with van der Waals surface area (Å²) in [5, 5.41) is 31.7. The minimum atomic E-state index is -2.21. The van der Waals surface area contributed by atoms with Crippen molar-refractivity contribution in [2.75, 3.05) is 18.0 Å². The Morgan fingerprint density at radius 1 is 0.891 bits per heavy atom. The Morgan fingerprint density at radius 3 is 2.25 bits per heavy atom. The number of ether oxygens (including phenoxy) is 1. The van der Waals surface area contributed by atoms with Crippen LogP contribution in [0.15, 0.2) is 77.6 Å². The number of phenolic OH excluding ortho intramolecular Hbond substituents is 1. The van der Waals surface area contributed by atoms with Crippen LogP contribution in [0.1, 0.15) is 110 Å². The van der Waals surface area contributed by atoms with Gasteiger partial charge in [-0.15, -0.1) is 0 Å². The molecule has 64 heavy (non-hydrogen) atoms. The van der Waals surface area contributed by atoms with Gasteiger partial charge in [0.15, 0.2) is 8.32 Å². The SMILES string of the molecule is CC(C)(C)OC(=O)NC1CCC(N(C(=O)O)c2cc(CCCC(=O)NC3CC(CNCC(O[Si](C)(C)C(C)(C)C)c4ccc(O)c5[nH]c(=O)ccc45)C3)ccc2-c2ccccc2)CC1. The quantitative estimate of drug-likeness (QED) is 0.0597. The molecule has 346 valence electrons. The lowest BCUT2D eigenvalue weighted by atomic mass is 9.80. The molecule has 2 aliphatic carbocycles. The maximum atomic E-state index is 13.1. The highest BCUT2D eigenvalue weighted by atomic mass is 28.4. The van der Waals surface area contributed by atoms with E-state index in [1.807, 2.05) is 75.4 Å². The third-order valence-electron chi connectivity index (χ3n) is 13.1. The predicted molar refractivity (Wildman–Crippen MR) is 256 cm³/mol. The van der Waals surface area contributed by atoms with Crippen LogP contribution in [-0.4, -0.2) is 78.4 Å². The fourth-order valence-electron chi connectivity index (χ4n) is 8.68. The van der Waals surface area contributed by atoms with Crippen LogP contribution in [0.3, 0.4) is 0 Å². The fraction of sp³-hybridized carbons (Fsp3) is 0.520. The molecule has 0 bridgehead atoms. The molecule has 1 aromatic heterocycles. The highest BCUT2D eigenvalue weighted by Gasteiger charge is 2.40. The van der Waals surface area contributed by atoms with E-state index in [2.05, 4.69) is 54.8 Å². The number of nitrogens with one attached hydrogen (secondary N) is 4. The largest absolute Gasteiger partial charge is 0.506 e. The van der Waals surface area contributed by atoms with Crippen molar-refractivity contribution >= 4 is 43.0 Å². The van der Waals surface area contributed by atoms with Crippen molar-refractivity contribution in [3.8, 4) is 16.9 Å². The minimum Gasteiger partial charge on any atom is -0.506 e. The number of rotatable bonds is 16. The second kappa shape index (κ2) is 20.3. The van der Waals surface area contributed by atoms with E-state index in [0.717, 1.165) is 47.0 Å². The zero-order valence-electron chi connectivity index (χ0n) is 38.9. The molecule has 0 aliphatic heterocycles. The Morgan fingerprint density at radius 2 is 1.59 bits per heavy atom. The Kier molecular flexibility index (Phi) is 15.3. The van der Waals surface area contributed by atoms with Gasteiger partial charge in [-0.05, 0) is 138 Å². The summed E-state index contributed by atoms with van der Waals surface area (Å²) in [4.78, 5) is 55.0. The van der Waals surface area contributed by atoms with Crippen LogP contribution in [-0.2, 0) is 20.4 Å². The summed E-state index contributed by atoms with van der Waals surface area (Å²) in [6.45, 7) is 17.9. The first kappa shape index (κ1) is 48.3. The Hall–Kier alpha value is -5.18. The summed E-state index contributed by atoms with van der Waals surface area (Å²) >= 11 is 0. The second-order valence-electron chi connectivity index (χ2n) is 20.3. The van der Waals surface area contributed by atoms with E-state index in [9.17, 15) is 29.4 Å². The number of fused-ring (bicyclic) bond motifs is 1. The molecule has 3 amide bonds. The van der Waals surface area contributed by atoms with Crippen LogP contribution in [0.2, 0.25) is 18.1 Å². The van der Waals surface area contributed by atoms with Gasteiger partial charge in [-0.2, -0.15) is 0 Å². The van der Waals surface area contributed by atoms with Crippen molar-refractivity contribution in [3.05, 3.63) is 94.3 Å². The number of hydrogen-bond acceptors (Lipinski definition) is 8. The average molecular weight is 896 g/mol. The van der Waals surface area contributed by atoms with Crippen molar-refractivity contribution in [1.29, 1.82) is 0 Å². The van der Waals surface area contributed by atoms with Gasteiger partial charge in [0.1, 0.15) is 11.4 Å². The van der Waals surface area contributed by atoms with E-state index in [4.69, 9.17) is 9.16 Å². The van der Waals surface area contributed by atoms with Crippen molar-refractivity contribution in [3.63, 3.8) is 0 Å². The highest BCUT2D eigenvalue weighted by molar-refractivity contribution is 6.74. The molecule has 2 aliphatic rings. The van der Waals surface area contributed by atoms with Crippen LogP contribution in [0.25, 0.3) is 22.0 Å². The van der Waals surface area contributed by atoms with Gasteiger partial charge in [-0.25, -0.2) is 9.59 Å². The van der Waals surface area contributed by atoms with Gasteiger partial charge < -0.3 is 40.3 Å². The van der Waals surface area contributed by atoms with Crippen LogP contribution in [0, 0.1) is 5.92 Å². The number of phenols is 1. The number of H-pyrrole nitrogens is 1. The van der Waals surface area contributed by atoms with Crippen molar-refractivity contribution in [1.82, 2.24) is 20.9 Å². The fourth-order valence-corrected chi connectivity index (χ4v) is 9.96. The molecule has 14 heteroatoms. The lowest BCUT2D eigenvalue weighted by molar-refractivity contribution is -0.122. The van der Waals surface area contributed by atoms with Crippen LogP contribution in [0.4, 0.5) is 15.3 Å². The zero-order chi connectivity index (χ0) is 46.4. The van der Waals surface area contributed by atoms with Gasteiger partial charge in [0.05, 0.1) is 17.3 Å². The molecule has 3 aromatic carbocycles. The zero-order valence-corrected chi connectivity index (χ0v) is 39.9. The van der Waals surface area contributed by atoms with Crippen LogP contribution < -0.4 is 26.4 Å². The first-order chi connectivity index (χ1) is 30.2.